The molecule has 7 nitrogen and oxygen atoms in total. The van der Waals surface area contributed by atoms with Gasteiger partial charge in [0.05, 0.1) is 12.5 Å². The van der Waals surface area contributed by atoms with Crippen molar-refractivity contribution in [1.82, 2.24) is 25.0 Å². The van der Waals surface area contributed by atoms with Gasteiger partial charge in [-0.3, -0.25) is 4.79 Å². The first-order valence-corrected chi connectivity index (χ1v) is 9.28. The topological polar surface area (TPSA) is 72.3 Å². The van der Waals surface area contributed by atoms with Crippen LogP contribution in [0, 0.1) is 13.8 Å². The largest absolute Gasteiger partial charge is 0.479 e. The molecule has 0 aromatic carbocycles. The molecule has 3 heterocycles. The number of pyridine rings is 1. The first kappa shape index (κ1) is 18.6. The van der Waals surface area contributed by atoms with Crippen LogP contribution >= 0.6 is 0 Å². The van der Waals surface area contributed by atoms with Gasteiger partial charge in [0.15, 0.2) is 5.65 Å². The first-order chi connectivity index (χ1) is 12.5. The lowest BCUT2D eigenvalue weighted by Gasteiger charge is -2.32. The summed E-state index contributed by atoms with van der Waals surface area (Å²) in [6.07, 6.45) is 3.40. The molecule has 2 aromatic rings. The van der Waals surface area contributed by atoms with E-state index in [1.165, 1.54) is 0 Å². The van der Waals surface area contributed by atoms with E-state index >= 15 is 0 Å². The first-order valence-electron chi connectivity index (χ1n) is 9.28. The van der Waals surface area contributed by atoms with Gasteiger partial charge in [-0.15, -0.1) is 5.10 Å². The van der Waals surface area contributed by atoms with E-state index in [4.69, 9.17) is 9.72 Å². The highest BCUT2D eigenvalue weighted by atomic mass is 16.5. The van der Waals surface area contributed by atoms with Crippen LogP contribution in [0.1, 0.15) is 36.1 Å². The summed E-state index contributed by atoms with van der Waals surface area (Å²) in [5, 5.41) is 8.62. The highest BCUT2D eigenvalue weighted by Crippen LogP contribution is 2.30. The van der Waals surface area contributed by atoms with Gasteiger partial charge in [-0.25, -0.2) is 9.67 Å². The summed E-state index contributed by atoms with van der Waals surface area (Å²) in [6.45, 7) is 5.74. The van der Waals surface area contributed by atoms with Crippen molar-refractivity contribution in [3.05, 3.63) is 16.8 Å². The molecule has 0 spiro atoms. The van der Waals surface area contributed by atoms with Crippen LogP contribution in [0.2, 0.25) is 0 Å². The lowest BCUT2D eigenvalue weighted by atomic mass is 9.99. The number of hydrogen-bond donors (Lipinski definition) is 1. The number of piperidine rings is 1. The van der Waals surface area contributed by atoms with Crippen LogP contribution in [-0.4, -0.2) is 58.9 Å². The highest BCUT2D eigenvalue weighted by molar-refractivity contribution is 5.86. The SMILES string of the molecule is CNC1CCCN(C(=O)CCc2c(C)nc3c(c(OC)nn3C)c2C)C1. The Hall–Kier alpha value is -2.15. The Labute approximate surface area is 154 Å². The van der Waals surface area contributed by atoms with Gasteiger partial charge >= 0.3 is 0 Å². The molecule has 1 saturated heterocycles. The average molecular weight is 359 g/mol. The molecule has 0 bridgehead atoms. The molecule has 1 N–H and O–H groups in total. The molecular formula is C19H29N5O2. The van der Waals surface area contributed by atoms with Crippen LogP contribution in [0.15, 0.2) is 0 Å². The number of nitrogens with zero attached hydrogens (tertiary/aromatic N) is 4. The number of carbonyl (C=O) groups is 1. The summed E-state index contributed by atoms with van der Waals surface area (Å²) in [5.41, 5.74) is 4.01. The fourth-order valence-corrected chi connectivity index (χ4v) is 3.94. The summed E-state index contributed by atoms with van der Waals surface area (Å²) in [4.78, 5) is 19.4. The molecular weight excluding hydrogens is 330 g/mol. The second-order valence-corrected chi connectivity index (χ2v) is 7.10. The maximum absolute atomic E-state index is 12.7. The van der Waals surface area contributed by atoms with E-state index < -0.39 is 0 Å². The molecule has 0 aliphatic carbocycles. The molecule has 7 heteroatoms. The number of ether oxygens (including phenoxy) is 1. The fraction of sp³-hybridized carbons (Fsp3) is 0.632. The lowest BCUT2D eigenvalue weighted by Crippen LogP contribution is -2.47. The maximum atomic E-state index is 12.7. The van der Waals surface area contributed by atoms with Crippen molar-refractivity contribution in [3.63, 3.8) is 0 Å². The quantitative estimate of drug-likeness (QED) is 0.880. The number of aromatic nitrogens is 3. The minimum Gasteiger partial charge on any atom is -0.479 e. The number of fused-ring (bicyclic) bond motifs is 1. The third-order valence-electron chi connectivity index (χ3n) is 5.49. The Kier molecular flexibility index (Phi) is 5.46. The maximum Gasteiger partial charge on any atom is 0.242 e. The summed E-state index contributed by atoms with van der Waals surface area (Å²) in [5.74, 6) is 0.815. The van der Waals surface area contributed by atoms with E-state index in [9.17, 15) is 4.79 Å². The van der Waals surface area contributed by atoms with Crippen molar-refractivity contribution >= 4 is 16.9 Å². The standard InChI is InChI=1S/C19H29N5O2/c1-12-15(8-9-16(25)24-10-6-7-14(11-24)20-3)13(2)21-18-17(12)19(26-5)22-23(18)4/h14,20H,6-11H2,1-5H3. The van der Waals surface area contributed by atoms with Gasteiger partial charge in [0, 0.05) is 38.3 Å². The predicted octanol–water partition coefficient (Wildman–Crippen LogP) is 1.74. The van der Waals surface area contributed by atoms with Crippen LogP contribution in [0.3, 0.4) is 0 Å². The van der Waals surface area contributed by atoms with E-state index in [-0.39, 0.29) is 5.91 Å². The Morgan fingerprint density at radius 2 is 2.15 bits per heavy atom. The second kappa shape index (κ2) is 7.61. The van der Waals surface area contributed by atoms with Gasteiger partial charge in [0.1, 0.15) is 0 Å². The summed E-state index contributed by atoms with van der Waals surface area (Å²) in [7, 11) is 5.46. The normalized spacial score (nSPS) is 17.7. The smallest absolute Gasteiger partial charge is 0.242 e. The molecule has 1 fully saturated rings. The Balaban J connectivity index is 1.79. The van der Waals surface area contributed by atoms with Crippen LogP contribution in [0.5, 0.6) is 5.88 Å². The van der Waals surface area contributed by atoms with Gasteiger partial charge in [-0.05, 0) is 51.3 Å². The van der Waals surface area contributed by atoms with E-state index in [1.54, 1.807) is 11.8 Å². The number of amides is 1. The second-order valence-electron chi connectivity index (χ2n) is 7.10. The number of rotatable bonds is 5. The van der Waals surface area contributed by atoms with Gasteiger partial charge in [-0.2, -0.15) is 0 Å². The van der Waals surface area contributed by atoms with Crippen LogP contribution < -0.4 is 10.1 Å². The highest BCUT2D eigenvalue weighted by Gasteiger charge is 2.23. The molecule has 1 atom stereocenters. The molecule has 1 unspecified atom stereocenters. The number of hydrogen-bond acceptors (Lipinski definition) is 5. The predicted molar refractivity (Wildman–Crippen MR) is 102 cm³/mol. The summed E-state index contributed by atoms with van der Waals surface area (Å²) < 4.78 is 7.16. The van der Waals surface area contributed by atoms with Crippen LogP contribution in [0.25, 0.3) is 11.0 Å². The zero-order valence-corrected chi connectivity index (χ0v) is 16.4. The molecule has 1 aliphatic rings. The van der Waals surface area contributed by atoms with E-state index in [2.05, 4.69) is 17.3 Å². The number of likely N-dealkylation sites (tertiary alicyclic amines) is 1. The molecule has 1 amide bonds. The van der Waals surface area contributed by atoms with Crippen LogP contribution in [0.4, 0.5) is 0 Å². The minimum atomic E-state index is 0.224. The van der Waals surface area contributed by atoms with Gasteiger partial charge in [0.25, 0.3) is 0 Å². The van der Waals surface area contributed by atoms with E-state index in [0.717, 1.165) is 53.8 Å². The number of aryl methyl sites for hydroxylation is 3. The van der Waals surface area contributed by atoms with E-state index in [0.29, 0.717) is 24.8 Å². The number of nitrogens with one attached hydrogen (secondary N) is 1. The molecule has 3 rings (SSSR count). The molecule has 142 valence electrons. The summed E-state index contributed by atoms with van der Waals surface area (Å²) >= 11 is 0. The molecule has 2 aromatic heterocycles. The van der Waals surface area contributed by atoms with Crippen molar-refractivity contribution in [1.29, 1.82) is 0 Å². The fourth-order valence-electron chi connectivity index (χ4n) is 3.94. The summed E-state index contributed by atoms with van der Waals surface area (Å²) in [6, 6.07) is 0.411. The average Bonchev–Trinajstić information content (AvgIpc) is 2.97. The van der Waals surface area contributed by atoms with Crippen molar-refractivity contribution in [2.45, 2.75) is 45.6 Å². The monoisotopic (exact) mass is 359 g/mol. The van der Waals surface area contributed by atoms with E-state index in [1.807, 2.05) is 25.9 Å². The zero-order chi connectivity index (χ0) is 18.8. The third kappa shape index (κ3) is 3.40. The number of likely N-dealkylation sites (N-methyl/N-ethyl adjacent to an activating group) is 1. The van der Waals surface area contributed by atoms with Crippen molar-refractivity contribution in [2.75, 3.05) is 27.2 Å². The number of carbonyl (C=O) groups excluding carboxylic acids is 1. The Bertz CT molecular complexity index is 814. The third-order valence-corrected chi connectivity index (χ3v) is 5.49. The molecule has 26 heavy (non-hydrogen) atoms. The van der Waals surface area contributed by atoms with Gasteiger partial charge in [-0.1, -0.05) is 0 Å². The van der Waals surface area contributed by atoms with Gasteiger partial charge < -0.3 is 15.0 Å². The molecule has 0 radical (unpaired) electrons. The zero-order valence-electron chi connectivity index (χ0n) is 16.4. The Morgan fingerprint density at radius 1 is 1.38 bits per heavy atom. The number of methoxy groups -OCH3 is 1. The molecule has 1 aliphatic heterocycles. The molecule has 0 saturated carbocycles. The van der Waals surface area contributed by atoms with Crippen LogP contribution in [-0.2, 0) is 18.3 Å². The van der Waals surface area contributed by atoms with Crippen molar-refractivity contribution in [3.8, 4) is 5.88 Å². The van der Waals surface area contributed by atoms with Gasteiger partial charge in [0.2, 0.25) is 11.8 Å². The van der Waals surface area contributed by atoms with Crippen molar-refractivity contribution in [2.24, 2.45) is 7.05 Å². The van der Waals surface area contributed by atoms with Crippen molar-refractivity contribution < 1.29 is 9.53 Å². The minimum absolute atomic E-state index is 0.224. The Morgan fingerprint density at radius 3 is 2.85 bits per heavy atom. The lowest BCUT2D eigenvalue weighted by molar-refractivity contribution is -0.132.